The van der Waals surface area contributed by atoms with Crippen molar-refractivity contribution in [2.45, 2.75) is 57.2 Å². The minimum absolute atomic E-state index is 0.432. The van der Waals surface area contributed by atoms with Crippen molar-refractivity contribution >= 4 is 11.6 Å². The number of hydrogen-bond donors (Lipinski definition) is 0. The van der Waals surface area contributed by atoms with E-state index in [9.17, 15) is 0 Å². The number of hydrogen-bond acceptors (Lipinski definition) is 0. The summed E-state index contributed by atoms with van der Waals surface area (Å²) in [6, 6.07) is 0. The summed E-state index contributed by atoms with van der Waals surface area (Å²) in [5.74, 6) is 6.93. The normalized spacial score (nSPS) is 28.8. The minimum atomic E-state index is 0.432. The summed E-state index contributed by atoms with van der Waals surface area (Å²) in [6.45, 7) is 1.91. The molecule has 0 amide bonds. The molecular formula is C12H19Cl. The second kappa shape index (κ2) is 6.33. The van der Waals surface area contributed by atoms with Gasteiger partial charge in [0.2, 0.25) is 0 Å². The van der Waals surface area contributed by atoms with Gasteiger partial charge in [-0.05, 0) is 32.1 Å². The first kappa shape index (κ1) is 10.9. The molecule has 1 aliphatic carbocycles. The van der Waals surface area contributed by atoms with Gasteiger partial charge in [0.25, 0.3) is 0 Å². The number of halogens is 1. The highest BCUT2D eigenvalue weighted by Crippen LogP contribution is 2.29. The van der Waals surface area contributed by atoms with Crippen LogP contribution in [0.15, 0.2) is 0 Å². The molecule has 1 fully saturated rings. The molecule has 0 saturated heterocycles. The molecule has 74 valence electrons. The molecule has 0 aliphatic heterocycles. The van der Waals surface area contributed by atoms with Crippen LogP contribution in [-0.4, -0.2) is 5.38 Å². The molecule has 0 spiro atoms. The third-order valence-electron chi connectivity index (χ3n) is 2.82. The molecule has 0 bridgehead atoms. The Morgan fingerprint density at radius 1 is 1.31 bits per heavy atom. The highest BCUT2D eigenvalue weighted by Gasteiger charge is 2.17. The van der Waals surface area contributed by atoms with Crippen LogP contribution < -0.4 is 0 Å². The van der Waals surface area contributed by atoms with Crippen LogP contribution in [0.5, 0.6) is 0 Å². The Bertz CT molecular complexity index is 187. The van der Waals surface area contributed by atoms with Crippen molar-refractivity contribution in [1.82, 2.24) is 0 Å². The fraction of sp³-hybridized carbons (Fsp3) is 0.833. The van der Waals surface area contributed by atoms with Crippen LogP contribution in [0.2, 0.25) is 0 Å². The summed E-state index contributed by atoms with van der Waals surface area (Å²) in [7, 11) is 0. The summed E-state index contributed by atoms with van der Waals surface area (Å²) in [5, 5.41) is 0.432. The average molecular weight is 199 g/mol. The molecule has 0 heterocycles. The van der Waals surface area contributed by atoms with E-state index in [4.69, 9.17) is 11.6 Å². The van der Waals surface area contributed by atoms with E-state index in [0.29, 0.717) is 5.38 Å². The maximum Gasteiger partial charge on any atom is 0.0338 e. The van der Waals surface area contributed by atoms with Crippen LogP contribution in [0.3, 0.4) is 0 Å². The molecule has 0 aromatic rings. The van der Waals surface area contributed by atoms with Crippen molar-refractivity contribution in [1.29, 1.82) is 0 Å². The van der Waals surface area contributed by atoms with Crippen molar-refractivity contribution in [2.24, 2.45) is 5.92 Å². The van der Waals surface area contributed by atoms with Crippen LogP contribution in [0, 0.1) is 17.8 Å². The van der Waals surface area contributed by atoms with E-state index in [1.165, 1.54) is 38.5 Å². The van der Waals surface area contributed by atoms with Gasteiger partial charge in [0.15, 0.2) is 0 Å². The van der Waals surface area contributed by atoms with Crippen LogP contribution in [-0.2, 0) is 0 Å². The average Bonchev–Trinajstić information content (AvgIpc) is 2.31. The van der Waals surface area contributed by atoms with Gasteiger partial charge in [0, 0.05) is 11.8 Å². The molecule has 1 aliphatic rings. The topological polar surface area (TPSA) is 0 Å². The van der Waals surface area contributed by atoms with E-state index in [1.807, 2.05) is 6.92 Å². The van der Waals surface area contributed by atoms with E-state index in [0.717, 1.165) is 12.3 Å². The van der Waals surface area contributed by atoms with Crippen LogP contribution in [0.4, 0.5) is 0 Å². The first-order valence-electron chi connectivity index (χ1n) is 5.36. The molecule has 2 atom stereocenters. The maximum absolute atomic E-state index is 6.19. The summed E-state index contributed by atoms with van der Waals surface area (Å²) < 4.78 is 0. The van der Waals surface area contributed by atoms with E-state index in [2.05, 4.69) is 11.8 Å². The zero-order valence-electron chi connectivity index (χ0n) is 8.48. The number of alkyl halides is 1. The zero-order chi connectivity index (χ0) is 9.52. The molecule has 2 unspecified atom stereocenters. The highest BCUT2D eigenvalue weighted by atomic mass is 35.5. The molecule has 0 nitrogen and oxygen atoms in total. The SMILES string of the molecule is CC#CCCC1CCCCC(Cl)C1. The highest BCUT2D eigenvalue weighted by molar-refractivity contribution is 6.20. The standard InChI is InChI=1S/C12H19Cl/c1-2-3-4-7-11-8-5-6-9-12(13)10-11/h11-12H,4-10H2,1H3. The number of rotatable bonds is 2. The molecule has 1 heteroatoms. The van der Waals surface area contributed by atoms with Gasteiger partial charge in [-0.25, -0.2) is 0 Å². The minimum Gasteiger partial charge on any atom is -0.123 e. The summed E-state index contributed by atoms with van der Waals surface area (Å²) in [5.41, 5.74) is 0. The molecule has 13 heavy (non-hydrogen) atoms. The van der Waals surface area contributed by atoms with Crippen LogP contribution >= 0.6 is 11.6 Å². The third-order valence-corrected chi connectivity index (χ3v) is 3.22. The quantitative estimate of drug-likeness (QED) is 0.358. The lowest BCUT2D eigenvalue weighted by Crippen LogP contribution is -2.05. The Hall–Kier alpha value is -0.150. The van der Waals surface area contributed by atoms with Crippen molar-refractivity contribution < 1.29 is 0 Å². The molecule has 0 N–H and O–H groups in total. The van der Waals surface area contributed by atoms with Gasteiger partial charge >= 0.3 is 0 Å². The Morgan fingerprint density at radius 2 is 2.08 bits per heavy atom. The molecule has 1 saturated carbocycles. The van der Waals surface area contributed by atoms with Gasteiger partial charge in [0.1, 0.15) is 0 Å². The third kappa shape index (κ3) is 4.58. The molecular weight excluding hydrogens is 180 g/mol. The first-order valence-corrected chi connectivity index (χ1v) is 5.80. The summed E-state index contributed by atoms with van der Waals surface area (Å²) in [6.07, 6.45) is 8.81. The molecule has 0 aromatic heterocycles. The van der Waals surface area contributed by atoms with E-state index in [-0.39, 0.29) is 0 Å². The van der Waals surface area contributed by atoms with Gasteiger partial charge in [0.05, 0.1) is 0 Å². The first-order chi connectivity index (χ1) is 6.33. The Balaban J connectivity index is 2.25. The van der Waals surface area contributed by atoms with Crippen molar-refractivity contribution in [3.05, 3.63) is 0 Å². The van der Waals surface area contributed by atoms with Crippen LogP contribution in [0.25, 0.3) is 0 Å². The Kier molecular flexibility index (Phi) is 5.32. The second-order valence-electron chi connectivity index (χ2n) is 3.95. The zero-order valence-corrected chi connectivity index (χ0v) is 9.24. The Morgan fingerprint density at radius 3 is 2.85 bits per heavy atom. The van der Waals surface area contributed by atoms with Gasteiger partial charge in [-0.1, -0.05) is 19.3 Å². The second-order valence-corrected chi connectivity index (χ2v) is 4.57. The molecule has 1 rings (SSSR count). The van der Waals surface area contributed by atoms with E-state index < -0.39 is 0 Å². The summed E-state index contributed by atoms with van der Waals surface area (Å²) in [4.78, 5) is 0. The van der Waals surface area contributed by atoms with E-state index in [1.54, 1.807) is 0 Å². The lowest BCUT2D eigenvalue weighted by molar-refractivity contribution is 0.436. The fourth-order valence-corrected chi connectivity index (χ4v) is 2.47. The lowest BCUT2D eigenvalue weighted by Gasteiger charge is -2.13. The largest absolute Gasteiger partial charge is 0.123 e. The lowest BCUT2D eigenvalue weighted by atomic mass is 9.95. The molecule has 0 radical (unpaired) electrons. The van der Waals surface area contributed by atoms with Crippen molar-refractivity contribution in [2.75, 3.05) is 0 Å². The van der Waals surface area contributed by atoms with E-state index >= 15 is 0 Å². The predicted molar refractivity (Wildman–Crippen MR) is 58.9 cm³/mol. The van der Waals surface area contributed by atoms with Gasteiger partial charge in [-0.15, -0.1) is 23.4 Å². The smallest absolute Gasteiger partial charge is 0.0338 e. The van der Waals surface area contributed by atoms with Gasteiger partial charge in [-0.2, -0.15) is 0 Å². The fourth-order valence-electron chi connectivity index (χ4n) is 2.06. The maximum atomic E-state index is 6.19. The monoisotopic (exact) mass is 198 g/mol. The van der Waals surface area contributed by atoms with Crippen molar-refractivity contribution in [3.63, 3.8) is 0 Å². The Labute approximate surface area is 87.1 Å². The van der Waals surface area contributed by atoms with Crippen molar-refractivity contribution in [3.8, 4) is 11.8 Å². The predicted octanol–water partition coefficient (Wildman–Crippen LogP) is 3.98. The molecule has 0 aromatic carbocycles. The van der Waals surface area contributed by atoms with Gasteiger partial charge in [-0.3, -0.25) is 0 Å². The van der Waals surface area contributed by atoms with Gasteiger partial charge < -0.3 is 0 Å². The summed E-state index contributed by atoms with van der Waals surface area (Å²) >= 11 is 6.19. The van der Waals surface area contributed by atoms with Crippen LogP contribution in [0.1, 0.15) is 51.9 Å².